The molecule has 17 heavy (non-hydrogen) atoms. The van der Waals surface area contributed by atoms with Crippen molar-refractivity contribution in [1.29, 1.82) is 0 Å². The quantitative estimate of drug-likeness (QED) is 0.858. The molecule has 1 aromatic rings. The van der Waals surface area contributed by atoms with Gasteiger partial charge in [0.05, 0.1) is 18.9 Å². The highest BCUT2D eigenvalue weighted by Gasteiger charge is 2.31. The Balaban J connectivity index is 2.21. The van der Waals surface area contributed by atoms with Gasteiger partial charge in [0.15, 0.2) is 5.03 Å². The lowest BCUT2D eigenvalue weighted by Crippen LogP contribution is -2.45. The van der Waals surface area contributed by atoms with Crippen LogP contribution in [0.15, 0.2) is 11.2 Å². The Labute approximate surface area is 101 Å². The van der Waals surface area contributed by atoms with E-state index in [1.807, 2.05) is 6.92 Å². The van der Waals surface area contributed by atoms with E-state index in [9.17, 15) is 8.42 Å². The number of nitrogens with zero attached hydrogens (tertiary/aromatic N) is 2. The molecule has 0 spiro atoms. The summed E-state index contributed by atoms with van der Waals surface area (Å²) in [5.74, 6) is 0.601. The molecule has 0 radical (unpaired) electrons. The van der Waals surface area contributed by atoms with Crippen molar-refractivity contribution in [3.05, 3.63) is 12.0 Å². The zero-order valence-corrected chi connectivity index (χ0v) is 10.8. The van der Waals surface area contributed by atoms with Crippen LogP contribution in [0.2, 0.25) is 0 Å². The lowest BCUT2D eigenvalue weighted by atomic mass is 10.2. The predicted octanol–water partition coefficient (Wildman–Crippen LogP) is 0.518. The van der Waals surface area contributed by atoms with Crippen LogP contribution in [0.4, 0.5) is 0 Å². The monoisotopic (exact) mass is 259 g/mol. The summed E-state index contributed by atoms with van der Waals surface area (Å²) < 4.78 is 31.4. The Morgan fingerprint density at radius 2 is 2.41 bits per heavy atom. The second-order valence-corrected chi connectivity index (χ2v) is 6.00. The lowest BCUT2D eigenvalue weighted by molar-refractivity contribution is -0.00283. The second-order valence-electron chi connectivity index (χ2n) is 4.10. The first kappa shape index (κ1) is 12.5. The Bertz CT molecular complexity index is 483. The molecule has 1 unspecified atom stereocenters. The number of aromatic nitrogens is 2. The van der Waals surface area contributed by atoms with E-state index in [0.717, 1.165) is 6.42 Å². The summed E-state index contributed by atoms with van der Waals surface area (Å²) in [6.07, 6.45) is 2.16. The molecule has 2 heterocycles. The minimum atomic E-state index is -3.45. The number of hydrogen-bond acceptors (Lipinski definition) is 4. The summed E-state index contributed by atoms with van der Waals surface area (Å²) in [4.78, 5) is 6.69. The average molecular weight is 259 g/mol. The van der Waals surface area contributed by atoms with E-state index < -0.39 is 10.0 Å². The van der Waals surface area contributed by atoms with Gasteiger partial charge in [0.25, 0.3) is 10.0 Å². The lowest BCUT2D eigenvalue weighted by Gasteiger charge is -2.31. The number of imidazole rings is 1. The summed E-state index contributed by atoms with van der Waals surface area (Å²) in [5, 5.41) is 0.159. The number of aromatic amines is 1. The van der Waals surface area contributed by atoms with E-state index in [4.69, 9.17) is 4.74 Å². The SMILES string of the molecule is CCC1CN(S(=O)(=O)c2cnc(C)[nH]2)CCO1. The Kier molecular flexibility index (Phi) is 3.50. The molecule has 1 aromatic heterocycles. The van der Waals surface area contributed by atoms with E-state index in [2.05, 4.69) is 9.97 Å². The highest BCUT2D eigenvalue weighted by Crippen LogP contribution is 2.18. The number of H-pyrrole nitrogens is 1. The molecule has 1 N–H and O–H groups in total. The van der Waals surface area contributed by atoms with Gasteiger partial charge in [-0.05, 0) is 13.3 Å². The van der Waals surface area contributed by atoms with Gasteiger partial charge in [0.1, 0.15) is 5.82 Å². The summed E-state index contributed by atoms with van der Waals surface area (Å²) >= 11 is 0. The van der Waals surface area contributed by atoms with Gasteiger partial charge in [0, 0.05) is 13.1 Å². The average Bonchev–Trinajstić information content (AvgIpc) is 2.76. The van der Waals surface area contributed by atoms with Gasteiger partial charge in [-0.1, -0.05) is 6.92 Å². The molecule has 96 valence electrons. The minimum Gasteiger partial charge on any atom is -0.375 e. The van der Waals surface area contributed by atoms with Crippen molar-refractivity contribution in [3.63, 3.8) is 0 Å². The van der Waals surface area contributed by atoms with Crippen LogP contribution in [-0.4, -0.2) is 48.5 Å². The summed E-state index contributed by atoms with van der Waals surface area (Å²) in [7, 11) is -3.45. The summed E-state index contributed by atoms with van der Waals surface area (Å²) in [5.41, 5.74) is 0. The van der Waals surface area contributed by atoms with Gasteiger partial charge in [-0.3, -0.25) is 0 Å². The largest absolute Gasteiger partial charge is 0.375 e. The molecule has 0 aliphatic carbocycles. The summed E-state index contributed by atoms with van der Waals surface area (Å²) in [6, 6.07) is 0. The molecular formula is C10H17N3O3S. The minimum absolute atomic E-state index is 0.0115. The fourth-order valence-electron chi connectivity index (χ4n) is 1.83. The van der Waals surface area contributed by atoms with Crippen molar-refractivity contribution in [2.24, 2.45) is 0 Å². The highest BCUT2D eigenvalue weighted by atomic mass is 32.2. The van der Waals surface area contributed by atoms with E-state index in [0.29, 0.717) is 25.5 Å². The highest BCUT2D eigenvalue weighted by molar-refractivity contribution is 7.89. The normalized spacial score (nSPS) is 22.8. The maximum Gasteiger partial charge on any atom is 0.260 e. The third kappa shape index (κ3) is 2.51. The first-order valence-electron chi connectivity index (χ1n) is 5.67. The molecular weight excluding hydrogens is 242 g/mol. The van der Waals surface area contributed by atoms with Gasteiger partial charge in [-0.25, -0.2) is 13.4 Å². The first-order valence-corrected chi connectivity index (χ1v) is 7.11. The maximum atomic E-state index is 12.3. The van der Waals surface area contributed by atoms with Gasteiger partial charge in [-0.15, -0.1) is 0 Å². The van der Waals surface area contributed by atoms with Crippen LogP contribution in [0.5, 0.6) is 0 Å². The molecule has 0 amide bonds. The van der Waals surface area contributed by atoms with Crippen molar-refractivity contribution in [3.8, 4) is 0 Å². The van der Waals surface area contributed by atoms with Gasteiger partial charge < -0.3 is 9.72 Å². The fraction of sp³-hybridized carbons (Fsp3) is 0.700. The van der Waals surface area contributed by atoms with Crippen molar-refractivity contribution < 1.29 is 13.2 Å². The second kappa shape index (κ2) is 4.75. The van der Waals surface area contributed by atoms with E-state index in [1.54, 1.807) is 6.92 Å². The number of ether oxygens (including phenoxy) is 1. The molecule has 6 nitrogen and oxygen atoms in total. The maximum absolute atomic E-state index is 12.3. The fourth-order valence-corrected chi connectivity index (χ4v) is 3.24. The smallest absolute Gasteiger partial charge is 0.260 e. The van der Waals surface area contributed by atoms with Crippen LogP contribution in [0, 0.1) is 6.92 Å². The van der Waals surface area contributed by atoms with Crippen LogP contribution in [0.1, 0.15) is 19.2 Å². The number of aryl methyl sites for hydroxylation is 1. The standard InChI is InChI=1S/C10H17N3O3S/c1-3-9-7-13(4-5-16-9)17(14,15)10-6-11-8(2)12-10/h6,9H,3-5,7H2,1-2H3,(H,11,12). The third-order valence-corrected chi connectivity index (χ3v) is 4.63. The van der Waals surface area contributed by atoms with E-state index >= 15 is 0 Å². The molecule has 0 saturated carbocycles. The Morgan fingerprint density at radius 1 is 1.65 bits per heavy atom. The molecule has 1 aliphatic heterocycles. The Morgan fingerprint density at radius 3 is 3.00 bits per heavy atom. The van der Waals surface area contributed by atoms with E-state index in [1.165, 1.54) is 10.5 Å². The molecule has 7 heteroatoms. The van der Waals surface area contributed by atoms with Gasteiger partial charge >= 0.3 is 0 Å². The molecule has 1 aliphatic rings. The van der Waals surface area contributed by atoms with Gasteiger partial charge in [-0.2, -0.15) is 4.31 Å². The first-order chi connectivity index (χ1) is 8.04. The number of rotatable bonds is 3. The molecule has 0 aromatic carbocycles. The van der Waals surface area contributed by atoms with E-state index in [-0.39, 0.29) is 11.1 Å². The van der Waals surface area contributed by atoms with Crippen LogP contribution in [-0.2, 0) is 14.8 Å². The summed E-state index contributed by atoms with van der Waals surface area (Å²) in [6.45, 7) is 4.98. The van der Waals surface area contributed by atoms with Crippen molar-refractivity contribution in [2.75, 3.05) is 19.7 Å². The van der Waals surface area contributed by atoms with Crippen LogP contribution < -0.4 is 0 Å². The molecule has 2 rings (SSSR count). The molecule has 1 fully saturated rings. The number of nitrogens with one attached hydrogen (secondary N) is 1. The molecule has 0 bridgehead atoms. The van der Waals surface area contributed by atoms with Gasteiger partial charge in [0.2, 0.25) is 0 Å². The topological polar surface area (TPSA) is 75.3 Å². The van der Waals surface area contributed by atoms with Crippen molar-refractivity contribution >= 4 is 10.0 Å². The zero-order chi connectivity index (χ0) is 12.5. The zero-order valence-electron chi connectivity index (χ0n) is 10.0. The third-order valence-electron chi connectivity index (χ3n) is 2.85. The Hall–Kier alpha value is -0.920. The van der Waals surface area contributed by atoms with Crippen LogP contribution >= 0.6 is 0 Å². The number of sulfonamides is 1. The van der Waals surface area contributed by atoms with Crippen molar-refractivity contribution in [1.82, 2.24) is 14.3 Å². The van der Waals surface area contributed by atoms with Crippen LogP contribution in [0.3, 0.4) is 0 Å². The molecule has 1 atom stereocenters. The number of hydrogen-bond donors (Lipinski definition) is 1. The number of morpholine rings is 1. The predicted molar refractivity (Wildman–Crippen MR) is 62.1 cm³/mol. The molecule has 1 saturated heterocycles. The van der Waals surface area contributed by atoms with Crippen LogP contribution in [0.25, 0.3) is 0 Å². The van der Waals surface area contributed by atoms with Crippen molar-refractivity contribution in [2.45, 2.75) is 31.4 Å².